The van der Waals surface area contributed by atoms with E-state index in [1.54, 1.807) is 0 Å². The van der Waals surface area contributed by atoms with Crippen molar-refractivity contribution < 1.29 is 19.5 Å². The zero-order valence-corrected chi connectivity index (χ0v) is 10.1. The van der Waals surface area contributed by atoms with Gasteiger partial charge in [0.05, 0.1) is 12.7 Å². The molecule has 1 heterocycles. The third-order valence-electron chi connectivity index (χ3n) is 2.51. The van der Waals surface area contributed by atoms with Gasteiger partial charge >= 0.3 is 0 Å². The number of nitrogens with one attached hydrogen (secondary N) is 1. The maximum absolute atomic E-state index is 11.7. The summed E-state index contributed by atoms with van der Waals surface area (Å²) in [6, 6.07) is 10.8. The third-order valence-corrected chi connectivity index (χ3v) is 2.51. The lowest BCUT2D eigenvalue weighted by molar-refractivity contribution is 0.0796. The van der Waals surface area contributed by atoms with Crippen LogP contribution in [0.15, 0.2) is 40.9 Å². The molecule has 0 saturated heterocycles. The molecule has 2 rings (SSSR count). The van der Waals surface area contributed by atoms with Crippen LogP contribution in [0.4, 0.5) is 0 Å². The maximum atomic E-state index is 11.7. The molecule has 100 valence electrons. The Bertz CT molecular complexity index is 539. The van der Waals surface area contributed by atoms with E-state index in [2.05, 4.69) is 10.5 Å². The van der Waals surface area contributed by atoms with Gasteiger partial charge in [-0.2, -0.15) is 0 Å². The number of aliphatic hydroxyl groups is 2. The van der Waals surface area contributed by atoms with Crippen molar-refractivity contribution in [3.63, 3.8) is 0 Å². The van der Waals surface area contributed by atoms with Crippen molar-refractivity contribution in [3.05, 3.63) is 42.1 Å². The number of rotatable bonds is 5. The van der Waals surface area contributed by atoms with Crippen molar-refractivity contribution in [1.29, 1.82) is 0 Å². The molecule has 0 fully saturated rings. The Kier molecular flexibility index (Phi) is 4.27. The molecular formula is C13H14N2O4. The topological polar surface area (TPSA) is 95.6 Å². The van der Waals surface area contributed by atoms with Gasteiger partial charge in [0, 0.05) is 18.2 Å². The molecule has 0 spiro atoms. The lowest BCUT2D eigenvalue weighted by Gasteiger charge is -2.06. The molecule has 1 aromatic heterocycles. The zero-order valence-electron chi connectivity index (χ0n) is 10.1. The molecular weight excluding hydrogens is 248 g/mol. The molecule has 6 nitrogen and oxygen atoms in total. The minimum atomic E-state index is -0.982. The van der Waals surface area contributed by atoms with Crippen molar-refractivity contribution in [2.45, 2.75) is 6.10 Å². The van der Waals surface area contributed by atoms with Crippen LogP contribution in [-0.4, -0.2) is 40.5 Å². The van der Waals surface area contributed by atoms with Gasteiger partial charge in [-0.1, -0.05) is 35.5 Å². The normalized spacial score (nSPS) is 12.1. The maximum Gasteiger partial charge on any atom is 0.273 e. The molecule has 1 atom stereocenters. The Balaban J connectivity index is 2.03. The summed E-state index contributed by atoms with van der Waals surface area (Å²) in [5, 5.41) is 23.9. The number of aliphatic hydroxyl groups excluding tert-OH is 2. The van der Waals surface area contributed by atoms with Crippen molar-refractivity contribution in [2.24, 2.45) is 0 Å². The summed E-state index contributed by atoms with van der Waals surface area (Å²) >= 11 is 0. The zero-order chi connectivity index (χ0) is 13.7. The van der Waals surface area contributed by atoms with Crippen LogP contribution < -0.4 is 5.32 Å². The van der Waals surface area contributed by atoms with Gasteiger partial charge in [-0.25, -0.2) is 0 Å². The van der Waals surface area contributed by atoms with Crippen LogP contribution in [0.3, 0.4) is 0 Å². The molecule has 0 aliphatic heterocycles. The minimum Gasteiger partial charge on any atom is -0.394 e. The van der Waals surface area contributed by atoms with E-state index in [1.807, 2.05) is 30.3 Å². The number of benzene rings is 1. The molecule has 1 aromatic carbocycles. The highest BCUT2D eigenvalue weighted by molar-refractivity contribution is 5.93. The molecule has 19 heavy (non-hydrogen) atoms. The molecule has 0 aliphatic rings. The first-order chi connectivity index (χ1) is 9.20. The predicted molar refractivity (Wildman–Crippen MR) is 67.4 cm³/mol. The first-order valence-corrected chi connectivity index (χ1v) is 5.80. The second-order valence-corrected chi connectivity index (χ2v) is 3.99. The highest BCUT2D eigenvalue weighted by atomic mass is 16.5. The van der Waals surface area contributed by atoms with E-state index >= 15 is 0 Å². The third kappa shape index (κ3) is 3.40. The number of hydrogen-bond donors (Lipinski definition) is 3. The Hall–Kier alpha value is -2.18. The molecule has 2 aromatic rings. The van der Waals surface area contributed by atoms with Crippen molar-refractivity contribution in [3.8, 4) is 11.3 Å². The smallest absolute Gasteiger partial charge is 0.273 e. The van der Waals surface area contributed by atoms with Crippen LogP contribution in [0.1, 0.15) is 10.5 Å². The van der Waals surface area contributed by atoms with Crippen molar-refractivity contribution in [2.75, 3.05) is 13.2 Å². The second-order valence-electron chi connectivity index (χ2n) is 3.99. The first kappa shape index (κ1) is 13.3. The molecule has 0 bridgehead atoms. The van der Waals surface area contributed by atoms with Gasteiger partial charge < -0.3 is 20.1 Å². The molecule has 1 unspecified atom stereocenters. The van der Waals surface area contributed by atoms with E-state index in [9.17, 15) is 4.79 Å². The minimum absolute atomic E-state index is 0.0388. The Labute approximate surface area is 109 Å². The molecule has 6 heteroatoms. The fourth-order valence-corrected chi connectivity index (χ4v) is 1.49. The summed E-state index contributed by atoms with van der Waals surface area (Å²) in [7, 11) is 0. The van der Waals surface area contributed by atoms with Crippen LogP contribution in [0, 0.1) is 0 Å². The number of carbonyl (C=O) groups excluding carboxylic acids is 1. The molecule has 0 saturated carbocycles. The quantitative estimate of drug-likeness (QED) is 0.726. The average Bonchev–Trinajstić information content (AvgIpc) is 2.95. The number of carbonyl (C=O) groups is 1. The number of aromatic nitrogens is 1. The van der Waals surface area contributed by atoms with Gasteiger partial charge in [0.1, 0.15) is 0 Å². The van der Waals surface area contributed by atoms with Gasteiger partial charge in [0.2, 0.25) is 0 Å². The largest absolute Gasteiger partial charge is 0.394 e. The summed E-state index contributed by atoms with van der Waals surface area (Å²) in [4.78, 5) is 11.7. The Morgan fingerprint density at radius 2 is 2.11 bits per heavy atom. The first-order valence-electron chi connectivity index (χ1n) is 5.80. The van der Waals surface area contributed by atoms with Gasteiger partial charge in [-0.05, 0) is 0 Å². The summed E-state index contributed by atoms with van der Waals surface area (Å²) in [5.41, 5.74) is 0.952. The van der Waals surface area contributed by atoms with Crippen LogP contribution in [0.25, 0.3) is 11.3 Å². The fraction of sp³-hybridized carbons (Fsp3) is 0.231. The number of hydrogen-bond acceptors (Lipinski definition) is 5. The second kappa shape index (κ2) is 6.12. The van der Waals surface area contributed by atoms with Gasteiger partial charge in [0.15, 0.2) is 11.5 Å². The van der Waals surface area contributed by atoms with Gasteiger partial charge in [0.25, 0.3) is 5.91 Å². The Morgan fingerprint density at radius 3 is 2.79 bits per heavy atom. The summed E-state index contributed by atoms with van der Waals surface area (Å²) < 4.78 is 5.08. The summed E-state index contributed by atoms with van der Waals surface area (Å²) in [5.74, 6) is 0.0342. The van der Waals surface area contributed by atoms with E-state index in [4.69, 9.17) is 14.7 Å². The van der Waals surface area contributed by atoms with E-state index in [0.29, 0.717) is 5.76 Å². The number of amides is 1. The molecule has 3 N–H and O–H groups in total. The predicted octanol–water partition coefficient (Wildman–Crippen LogP) is 0.425. The number of nitrogens with zero attached hydrogens (tertiary/aromatic N) is 1. The summed E-state index contributed by atoms with van der Waals surface area (Å²) in [6.45, 7) is -0.447. The van der Waals surface area contributed by atoms with Crippen molar-refractivity contribution >= 4 is 5.91 Å². The monoisotopic (exact) mass is 262 g/mol. The van der Waals surface area contributed by atoms with Crippen LogP contribution in [0.5, 0.6) is 0 Å². The van der Waals surface area contributed by atoms with E-state index < -0.39 is 18.6 Å². The van der Waals surface area contributed by atoms with Crippen LogP contribution in [0.2, 0.25) is 0 Å². The lowest BCUT2D eigenvalue weighted by Crippen LogP contribution is -2.34. The van der Waals surface area contributed by atoms with Gasteiger partial charge in [-0.15, -0.1) is 0 Å². The van der Waals surface area contributed by atoms with Crippen LogP contribution >= 0.6 is 0 Å². The lowest BCUT2D eigenvalue weighted by atomic mass is 10.1. The Morgan fingerprint density at radius 1 is 1.37 bits per heavy atom. The summed E-state index contributed by atoms with van der Waals surface area (Å²) in [6.07, 6.45) is -0.982. The van der Waals surface area contributed by atoms with E-state index in [1.165, 1.54) is 6.07 Å². The standard InChI is InChI=1S/C13H14N2O4/c16-8-10(17)7-14-13(18)11-6-12(19-15-11)9-4-2-1-3-5-9/h1-6,10,16-17H,7-8H2,(H,14,18). The fourth-order valence-electron chi connectivity index (χ4n) is 1.49. The SMILES string of the molecule is O=C(NCC(O)CO)c1cc(-c2ccccc2)on1. The molecule has 0 aliphatic carbocycles. The highest BCUT2D eigenvalue weighted by Crippen LogP contribution is 2.19. The van der Waals surface area contributed by atoms with Crippen LogP contribution in [-0.2, 0) is 0 Å². The van der Waals surface area contributed by atoms with Crippen molar-refractivity contribution in [1.82, 2.24) is 10.5 Å². The van der Waals surface area contributed by atoms with E-state index in [-0.39, 0.29) is 12.2 Å². The van der Waals surface area contributed by atoms with Gasteiger partial charge in [-0.3, -0.25) is 4.79 Å². The molecule has 1 amide bonds. The molecule has 0 radical (unpaired) electrons. The average molecular weight is 262 g/mol. The highest BCUT2D eigenvalue weighted by Gasteiger charge is 2.14. The van der Waals surface area contributed by atoms with E-state index in [0.717, 1.165) is 5.56 Å².